The molecule has 0 aliphatic heterocycles. The topological polar surface area (TPSA) is 38.4 Å². The molecular weight excluding hydrogens is 124 g/mol. The van der Waals surface area contributed by atoms with Crippen molar-refractivity contribution in [2.24, 2.45) is 16.6 Å². The zero-order chi connectivity index (χ0) is 8.15. The molecule has 0 aromatic carbocycles. The summed E-state index contributed by atoms with van der Waals surface area (Å²) in [6, 6.07) is 0. The average molecular weight is 140 g/mol. The lowest BCUT2D eigenvalue weighted by molar-refractivity contribution is 0.878. The fourth-order valence-electron chi connectivity index (χ4n) is 0.353. The first-order valence-corrected chi connectivity index (χ1v) is 3.50. The summed E-state index contributed by atoms with van der Waals surface area (Å²) >= 11 is 0. The van der Waals surface area contributed by atoms with Crippen LogP contribution in [0.3, 0.4) is 0 Å². The molecule has 0 bridgehead atoms. The molecule has 0 radical (unpaired) electrons. The minimum absolute atomic E-state index is 0.510. The van der Waals surface area contributed by atoms with Crippen LogP contribution in [0.25, 0.3) is 0 Å². The maximum absolute atomic E-state index is 5.39. The molecule has 0 atom stereocenters. The molecule has 0 heterocycles. The lowest BCUT2D eigenvalue weighted by Gasteiger charge is -2.00. The minimum Gasteiger partial charge on any atom is -0.401 e. The van der Waals surface area contributed by atoms with E-state index in [1.807, 2.05) is 13.8 Å². The minimum atomic E-state index is 0.510. The van der Waals surface area contributed by atoms with Gasteiger partial charge in [-0.25, -0.2) is 0 Å². The van der Waals surface area contributed by atoms with E-state index in [1.165, 1.54) is 0 Å². The average Bonchev–Trinajstić information content (AvgIpc) is 1.82. The lowest BCUT2D eigenvalue weighted by atomic mass is 10.1. The van der Waals surface area contributed by atoms with E-state index < -0.39 is 0 Å². The van der Waals surface area contributed by atoms with Crippen molar-refractivity contribution in [3.63, 3.8) is 0 Å². The third-order valence-corrected chi connectivity index (χ3v) is 1.31. The zero-order valence-electron chi connectivity index (χ0n) is 7.18. The van der Waals surface area contributed by atoms with Crippen LogP contribution in [0, 0.1) is 5.92 Å². The highest BCUT2D eigenvalue weighted by Gasteiger charge is 1.94. The van der Waals surface area contributed by atoms with Gasteiger partial charge in [0.2, 0.25) is 0 Å². The molecule has 2 nitrogen and oxygen atoms in total. The van der Waals surface area contributed by atoms with Gasteiger partial charge in [0.25, 0.3) is 0 Å². The second kappa shape index (κ2) is 4.09. The highest BCUT2D eigenvalue weighted by molar-refractivity contribution is 5.84. The maximum atomic E-state index is 5.39. The monoisotopic (exact) mass is 140 g/mol. The Hall–Kier alpha value is -0.790. The van der Waals surface area contributed by atoms with Gasteiger partial charge in [-0.2, -0.15) is 0 Å². The summed E-state index contributed by atoms with van der Waals surface area (Å²) in [6.07, 6.45) is 1.69. The summed E-state index contributed by atoms with van der Waals surface area (Å²) < 4.78 is 0. The molecular formula is C8H16N2. The van der Waals surface area contributed by atoms with Crippen molar-refractivity contribution in [1.82, 2.24) is 0 Å². The van der Waals surface area contributed by atoms with Crippen molar-refractivity contribution in [2.45, 2.75) is 27.7 Å². The number of nitrogens with two attached hydrogens (primary N) is 1. The molecule has 2 N–H and O–H groups in total. The third kappa shape index (κ3) is 4.13. The molecule has 58 valence electrons. The quantitative estimate of drug-likeness (QED) is 0.585. The Labute approximate surface area is 62.8 Å². The predicted octanol–water partition coefficient (Wildman–Crippen LogP) is 1.92. The number of aliphatic imine (C=N–C) groups is 1. The van der Waals surface area contributed by atoms with Crippen LogP contribution in [-0.2, 0) is 0 Å². The summed E-state index contributed by atoms with van der Waals surface area (Å²) in [4.78, 5) is 4.15. The number of hydrogen-bond donors (Lipinski definition) is 1. The van der Waals surface area contributed by atoms with E-state index >= 15 is 0 Å². The van der Waals surface area contributed by atoms with Gasteiger partial charge in [0.15, 0.2) is 0 Å². The molecule has 0 saturated heterocycles. The first-order valence-electron chi connectivity index (χ1n) is 3.50. The standard InChI is InChI=1S/C8H16N2/c1-6(2)8(4)10-5-7(3)9/h5-6H,9H2,1-4H3/b7-5-,10-8+. The van der Waals surface area contributed by atoms with Crippen molar-refractivity contribution >= 4 is 5.71 Å². The maximum Gasteiger partial charge on any atom is 0.0451 e. The highest BCUT2D eigenvalue weighted by atomic mass is 14.7. The van der Waals surface area contributed by atoms with Crippen LogP contribution < -0.4 is 5.73 Å². The molecule has 0 aliphatic carbocycles. The Morgan fingerprint density at radius 2 is 1.90 bits per heavy atom. The summed E-state index contributed by atoms with van der Waals surface area (Å²) in [5, 5.41) is 0. The van der Waals surface area contributed by atoms with Crippen molar-refractivity contribution in [1.29, 1.82) is 0 Å². The van der Waals surface area contributed by atoms with Crippen LogP contribution in [0.5, 0.6) is 0 Å². The lowest BCUT2D eigenvalue weighted by Crippen LogP contribution is -2.01. The van der Waals surface area contributed by atoms with Gasteiger partial charge in [-0.15, -0.1) is 0 Å². The largest absolute Gasteiger partial charge is 0.401 e. The van der Waals surface area contributed by atoms with Crippen LogP contribution >= 0.6 is 0 Å². The summed E-state index contributed by atoms with van der Waals surface area (Å²) in [5.41, 5.74) is 7.26. The van der Waals surface area contributed by atoms with Crippen molar-refractivity contribution in [2.75, 3.05) is 0 Å². The summed E-state index contributed by atoms with van der Waals surface area (Å²) in [7, 11) is 0. The smallest absolute Gasteiger partial charge is 0.0451 e. The van der Waals surface area contributed by atoms with Gasteiger partial charge in [0.1, 0.15) is 0 Å². The normalized spacial score (nSPS) is 14.5. The van der Waals surface area contributed by atoms with Gasteiger partial charge in [0, 0.05) is 17.6 Å². The van der Waals surface area contributed by atoms with E-state index in [0.29, 0.717) is 5.92 Å². The fraction of sp³-hybridized carbons (Fsp3) is 0.625. The first kappa shape index (κ1) is 9.21. The molecule has 0 spiro atoms. The zero-order valence-corrected chi connectivity index (χ0v) is 7.18. The highest BCUT2D eigenvalue weighted by Crippen LogP contribution is 1.96. The molecule has 0 saturated carbocycles. The van der Waals surface area contributed by atoms with Crippen LogP contribution in [0.2, 0.25) is 0 Å². The van der Waals surface area contributed by atoms with Gasteiger partial charge in [-0.1, -0.05) is 13.8 Å². The predicted molar refractivity (Wildman–Crippen MR) is 45.9 cm³/mol. The van der Waals surface area contributed by atoms with Crippen LogP contribution in [-0.4, -0.2) is 5.71 Å². The van der Waals surface area contributed by atoms with Crippen molar-refractivity contribution in [3.05, 3.63) is 11.9 Å². The Bertz CT molecular complexity index is 151. The number of hydrogen-bond acceptors (Lipinski definition) is 2. The molecule has 0 aromatic heterocycles. The van der Waals surface area contributed by atoms with E-state index in [9.17, 15) is 0 Å². The Morgan fingerprint density at radius 1 is 1.40 bits per heavy atom. The molecule has 0 unspecified atom stereocenters. The van der Waals surface area contributed by atoms with E-state index in [1.54, 1.807) is 6.20 Å². The number of nitrogens with zero attached hydrogens (tertiary/aromatic N) is 1. The molecule has 0 amide bonds. The van der Waals surface area contributed by atoms with E-state index in [-0.39, 0.29) is 0 Å². The van der Waals surface area contributed by atoms with E-state index in [4.69, 9.17) is 5.73 Å². The van der Waals surface area contributed by atoms with Crippen LogP contribution in [0.15, 0.2) is 16.9 Å². The van der Waals surface area contributed by atoms with Gasteiger partial charge in [-0.3, -0.25) is 4.99 Å². The molecule has 10 heavy (non-hydrogen) atoms. The van der Waals surface area contributed by atoms with Crippen LogP contribution in [0.1, 0.15) is 27.7 Å². The van der Waals surface area contributed by atoms with Gasteiger partial charge >= 0.3 is 0 Å². The molecule has 0 aliphatic rings. The first-order chi connectivity index (χ1) is 4.54. The van der Waals surface area contributed by atoms with Gasteiger partial charge < -0.3 is 5.73 Å². The Morgan fingerprint density at radius 3 is 2.20 bits per heavy atom. The summed E-state index contributed by atoms with van der Waals surface area (Å²) in [6.45, 7) is 8.05. The molecule has 0 rings (SSSR count). The summed E-state index contributed by atoms with van der Waals surface area (Å²) in [5.74, 6) is 0.510. The molecule has 0 aromatic rings. The molecule has 2 heteroatoms. The molecule has 0 fully saturated rings. The fourth-order valence-corrected chi connectivity index (χ4v) is 0.353. The van der Waals surface area contributed by atoms with Crippen molar-refractivity contribution < 1.29 is 0 Å². The van der Waals surface area contributed by atoms with Crippen LogP contribution in [0.4, 0.5) is 0 Å². The van der Waals surface area contributed by atoms with E-state index in [2.05, 4.69) is 18.8 Å². The second-order valence-electron chi connectivity index (χ2n) is 2.80. The SMILES string of the molecule is C/C(N)=C/N=C(\C)C(C)C. The van der Waals surface area contributed by atoms with Crippen molar-refractivity contribution in [3.8, 4) is 0 Å². The van der Waals surface area contributed by atoms with Gasteiger partial charge in [-0.05, 0) is 19.8 Å². The number of rotatable bonds is 2. The third-order valence-electron chi connectivity index (χ3n) is 1.31. The number of allylic oxidation sites excluding steroid dienone is 1. The second-order valence-corrected chi connectivity index (χ2v) is 2.80. The Kier molecular flexibility index (Phi) is 3.77. The Balaban J connectivity index is 4.05. The van der Waals surface area contributed by atoms with E-state index in [0.717, 1.165) is 11.4 Å². The van der Waals surface area contributed by atoms with Gasteiger partial charge in [0.05, 0.1) is 0 Å².